The van der Waals surface area contributed by atoms with E-state index in [1.165, 1.54) is 10.9 Å². The summed E-state index contributed by atoms with van der Waals surface area (Å²) >= 11 is 0. The van der Waals surface area contributed by atoms with Gasteiger partial charge in [0, 0.05) is 0 Å². The van der Waals surface area contributed by atoms with Gasteiger partial charge < -0.3 is 35.8 Å². The number of nitrogens with one attached hydrogen (secondary N) is 1. The molecule has 0 spiro atoms. The van der Waals surface area contributed by atoms with Crippen molar-refractivity contribution in [1.29, 1.82) is 0 Å². The zero-order valence-corrected chi connectivity index (χ0v) is 15.4. The Balaban J connectivity index is 1.58. The van der Waals surface area contributed by atoms with Crippen LogP contribution in [0.25, 0.3) is 11.2 Å². The molecule has 3 heterocycles. The van der Waals surface area contributed by atoms with Crippen LogP contribution in [-0.2, 0) is 4.74 Å². The van der Waals surface area contributed by atoms with Crippen LogP contribution in [0.4, 0.5) is 11.8 Å². The van der Waals surface area contributed by atoms with E-state index < -0.39 is 31.1 Å². The van der Waals surface area contributed by atoms with Crippen LogP contribution < -0.4 is 15.8 Å². The second-order valence-electron chi connectivity index (χ2n) is 6.55. The van der Waals surface area contributed by atoms with Crippen LogP contribution in [0.15, 0.2) is 36.7 Å². The molecule has 1 aliphatic rings. The van der Waals surface area contributed by atoms with E-state index in [1.807, 2.05) is 30.3 Å². The van der Waals surface area contributed by atoms with Crippen LogP contribution in [0.3, 0.4) is 0 Å². The van der Waals surface area contributed by atoms with Crippen LogP contribution in [-0.4, -0.2) is 72.9 Å². The van der Waals surface area contributed by atoms with Crippen LogP contribution in [0.2, 0.25) is 0 Å². The molecule has 11 nitrogen and oxygen atoms in total. The number of aromatic nitrogens is 4. The fourth-order valence-electron chi connectivity index (χ4n) is 3.23. The predicted octanol–water partition coefficient (Wildman–Crippen LogP) is -0.489. The molecule has 1 fully saturated rings. The molecular weight excluding hydrogens is 380 g/mol. The second kappa shape index (κ2) is 8.17. The molecule has 0 radical (unpaired) electrons. The Morgan fingerprint density at radius 1 is 1.17 bits per heavy atom. The second-order valence-corrected chi connectivity index (χ2v) is 6.55. The maximum Gasteiger partial charge on any atom is 0.207 e. The van der Waals surface area contributed by atoms with Crippen molar-refractivity contribution in [1.82, 2.24) is 19.5 Å². The Labute approximate surface area is 165 Å². The molecule has 2 aromatic heterocycles. The average Bonchev–Trinajstić information content (AvgIpc) is 3.24. The summed E-state index contributed by atoms with van der Waals surface area (Å²) in [6.45, 7) is 0.302. The predicted molar refractivity (Wildman–Crippen MR) is 103 cm³/mol. The normalized spacial score (nSPS) is 24.1. The zero-order valence-electron chi connectivity index (χ0n) is 15.4. The molecule has 3 aromatic rings. The molecule has 1 saturated heterocycles. The highest BCUT2D eigenvalue weighted by Crippen LogP contribution is 2.34. The maximum absolute atomic E-state index is 10.4. The summed E-state index contributed by atoms with van der Waals surface area (Å²) in [5.74, 6) is 1.23. The third kappa shape index (κ3) is 3.68. The summed E-state index contributed by atoms with van der Waals surface area (Å²) in [5.41, 5.74) is 6.57. The monoisotopic (exact) mass is 402 g/mol. The number of rotatable bonds is 7. The van der Waals surface area contributed by atoms with Crippen molar-refractivity contribution in [3.63, 3.8) is 0 Å². The highest BCUT2D eigenvalue weighted by atomic mass is 16.6. The number of anilines is 2. The molecule has 29 heavy (non-hydrogen) atoms. The van der Waals surface area contributed by atoms with Gasteiger partial charge in [-0.25, -0.2) is 15.0 Å². The molecule has 154 valence electrons. The van der Waals surface area contributed by atoms with Gasteiger partial charge in [-0.05, 0) is 12.1 Å². The Bertz CT molecular complexity index is 968. The van der Waals surface area contributed by atoms with Crippen molar-refractivity contribution in [3.8, 4) is 5.75 Å². The fourth-order valence-corrected chi connectivity index (χ4v) is 3.23. The molecular formula is C18H22N6O5. The largest absolute Gasteiger partial charge is 0.492 e. The van der Waals surface area contributed by atoms with Crippen LogP contribution in [0.1, 0.15) is 6.23 Å². The molecule has 0 saturated carbocycles. The SMILES string of the molecule is Nc1ncnc2c1nc(NCCOc1ccccc1)n2[C@@H]1O[C@H](CO)[C@@H](O)[C@H]1O. The number of nitrogens with two attached hydrogens (primary N) is 1. The lowest BCUT2D eigenvalue weighted by Gasteiger charge is -2.19. The summed E-state index contributed by atoms with van der Waals surface area (Å²) in [6.07, 6.45) is -3.21. The van der Waals surface area contributed by atoms with Gasteiger partial charge in [0.05, 0.1) is 13.2 Å². The Morgan fingerprint density at radius 2 is 1.97 bits per heavy atom. The minimum absolute atomic E-state index is 0.170. The molecule has 0 aliphatic carbocycles. The van der Waals surface area contributed by atoms with Gasteiger partial charge in [-0.1, -0.05) is 18.2 Å². The van der Waals surface area contributed by atoms with Crippen molar-refractivity contribution in [2.45, 2.75) is 24.5 Å². The number of hydrogen-bond donors (Lipinski definition) is 5. The first-order chi connectivity index (χ1) is 14.1. The Morgan fingerprint density at radius 3 is 2.69 bits per heavy atom. The molecule has 4 atom stereocenters. The number of hydrogen-bond acceptors (Lipinski definition) is 10. The zero-order chi connectivity index (χ0) is 20.4. The van der Waals surface area contributed by atoms with Crippen molar-refractivity contribution in [3.05, 3.63) is 36.7 Å². The average molecular weight is 402 g/mol. The minimum atomic E-state index is -1.29. The lowest BCUT2D eigenvalue weighted by atomic mass is 10.1. The first kappa shape index (κ1) is 19.3. The summed E-state index contributed by atoms with van der Waals surface area (Å²) in [5, 5.41) is 33.1. The molecule has 11 heteroatoms. The van der Waals surface area contributed by atoms with E-state index in [9.17, 15) is 15.3 Å². The number of nitrogen functional groups attached to an aromatic ring is 1. The molecule has 0 amide bonds. The minimum Gasteiger partial charge on any atom is -0.492 e. The van der Waals surface area contributed by atoms with Gasteiger partial charge in [-0.15, -0.1) is 0 Å². The van der Waals surface area contributed by atoms with E-state index >= 15 is 0 Å². The van der Waals surface area contributed by atoms with E-state index in [0.29, 0.717) is 30.3 Å². The van der Waals surface area contributed by atoms with Gasteiger partial charge in [0.1, 0.15) is 37.0 Å². The summed E-state index contributed by atoms with van der Waals surface area (Å²) < 4.78 is 12.8. The first-order valence-corrected chi connectivity index (χ1v) is 9.12. The van der Waals surface area contributed by atoms with Crippen LogP contribution in [0.5, 0.6) is 5.75 Å². The van der Waals surface area contributed by atoms with Gasteiger partial charge in [-0.3, -0.25) is 4.57 Å². The van der Waals surface area contributed by atoms with E-state index in [0.717, 1.165) is 5.75 Å². The highest BCUT2D eigenvalue weighted by molar-refractivity contribution is 5.84. The lowest BCUT2D eigenvalue weighted by Crippen LogP contribution is -2.33. The van der Waals surface area contributed by atoms with E-state index in [2.05, 4.69) is 20.3 Å². The van der Waals surface area contributed by atoms with E-state index in [1.54, 1.807) is 0 Å². The first-order valence-electron chi connectivity index (χ1n) is 9.12. The summed E-state index contributed by atoms with van der Waals surface area (Å²) in [6, 6.07) is 9.37. The third-order valence-corrected chi connectivity index (χ3v) is 4.67. The highest BCUT2D eigenvalue weighted by Gasteiger charge is 2.45. The number of para-hydroxylation sites is 1. The molecule has 0 unspecified atom stereocenters. The van der Waals surface area contributed by atoms with Crippen molar-refractivity contribution in [2.24, 2.45) is 0 Å². The quantitative estimate of drug-likeness (QED) is 0.326. The maximum atomic E-state index is 10.4. The number of aliphatic hydroxyl groups is 3. The topological polar surface area (TPSA) is 161 Å². The van der Waals surface area contributed by atoms with Gasteiger partial charge >= 0.3 is 0 Å². The molecule has 1 aromatic carbocycles. The van der Waals surface area contributed by atoms with Crippen molar-refractivity contribution >= 4 is 22.9 Å². The van der Waals surface area contributed by atoms with Gasteiger partial charge in [0.2, 0.25) is 5.95 Å². The number of fused-ring (bicyclic) bond motifs is 1. The fraction of sp³-hybridized carbons (Fsp3) is 0.389. The number of imidazole rings is 1. The standard InChI is InChI=1S/C18H22N6O5/c19-15-12-16(22-9-21-15)24(17-14(27)13(26)11(8-25)29-17)18(23-12)20-6-7-28-10-4-2-1-3-5-10/h1-5,9,11,13-14,17,25-27H,6-8H2,(H,20,23)(H2,19,21,22)/t11-,13-,14-,17-/m1/s1. The Kier molecular flexibility index (Phi) is 5.45. The smallest absolute Gasteiger partial charge is 0.207 e. The van der Waals surface area contributed by atoms with Crippen molar-refractivity contribution < 1.29 is 24.8 Å². The summed E-state index contributed by atoms with van der Waals surface area (Å²) in [7, 11) is 0. The van der Waals surface area contributed by atoms with Gasteiger partial charge in [0.15, 0.2) is 23.2 Å². The number of benzene rings is 1. The van der Waals surface area contributed by atoms with E-state index in [4.69, 9.17) is 15.2 Å². The number of ether oxygens (including phenoxy) is 2. The number of nitrogens with zero attached hydrogens (tertiary/aromatic N) is 4. The molecule has 0 bridgehead atoms. The van der Waals surface area contributed by atoms with Crippen molar-refractivity contribution in [2.75, 3.05) is 30.8 Å². The van der Waals surface area contributed by atoms with Gasteiger partial charge in [-0.2, -0.15) is 0 Å². The molecule has 6 N–H and O–H groups in total. The number of aliphatic hydroxyl groups excluding tert-OH is 3. The van der Waals surface area contributed by atoms with Gasteiger partial charge in [0.25, 0.3) is 0 Å². The summed E-state index contributed by atoms with van der Waals surface area (Å²) in [4.78, 5) is 12.6. The van der Waals surface area contributed by atoms with Crippen LogP contribution >= 0.6 is 0 Å². The van der Waals surface area contributed by atoms with E-state index in [-0.39, 0.29) is 5.82 Å². The Hall–Kier alpha value is -2.99. The lowest BCUT2D eigenvalue weighted by molar-refractivity contribution is -0.0501. The molecule has 1 aliphatic heterocycles. The van der Waals surface area contributed by atoms with Crippen LogP contribution in [0, 0.1) is 0 Å². The third-order valence-electron chi connectivity index (χ3n) is 4.67. The molecule has 4 rings (SSSR count).